The van der Waals surface area contributed by atoms with Gasteiger partial charge in [0.15, 0.2) is 0 Å². The number of hydrogen-bond acceptors (Lipinski definition) is 2. The summed E-state index contributed by atoms with van der Waals surface area (Å²) in [7, 11) is 0.800. The highest BCUT2D eigenvalue weighted by molar-refractivity contribution is 5.92. The number of alkyl halides is 6. The van der Waals surface area contributed by atoms with Gasteiger partial charge in [-0.15, -0.1) is 0 Å². The number of ether oxygens (including phenoxy) is 1. The van der Waals surface area contributed by atoms with Gasteiger partial charge >= 0.3 is 18.3 Å². The fraction of sp³-hybridized carbons (Fsp3) is 0.417. The largest absolute Gasteiger partial charge is 0.465 e. The third-order valence-electron chi connectivity index (χ3n) is 2.60. The summed E-state index contributed by atoms with van der Waals surface area (Å²) in [5, 5.41) is 0. The molecule has 0 radical (unpaired) electrons. The van der Waals surface area contributed by atoms with Crippen LogP contribution >= 0.6 is 0 Å². The third kappa shape index (κ3) is 3.23. The third-order valence-corrected chi connectivity index (χ3v) is 2.60. The van der Waals surface area contributed by atoms with E-state index in [-0.39, 0.29) is 12.0 Å². The summed E-state index contributed by atoms with van der Waals surface area (Å²) in [6, 6.07) is 1.17. The molecule has 8 heteroatoms. The van der Waals surface area contributed by atoms with Crippen molar-refractivity contribution in [1.29, 1.82) is 0 Å². The van der Waals surface area contributed by atoms with E-state index in [0.717, 1.165) is 13.2 Å². The molecule has 0 spiro atoms. The van der Waals surface area contributed by atoms with Crippen LogP contribution < -0.4 is 0 Å². The molecule has 20 heavy (non-hydrogen) atoms. The summed E-state index contributed by atoms with van der Waals surface area (Å²) < 4.78 is 81.1. The fourth-order valence-corrected chi connectivity index (χ4v) is 1.71. The Bertz CT molecular complexity index is 516. The lowest BCUT2D eigenvalue weighted by atomic mass is 9.95. The van der Waals surface area contributed by atoms with Gasteiger partial charge in [-0.05, 0) is 24.1 Å². The maximum Gasteiger partial charge on any atom is 0.417 e. The van der Waals surface area contributed by atoms with E-state index in [1.165, 1.54) is 6.92 Å². The number of benzene rings is 1. The number of methoxy groups -OCH3 is 1. The topological polar surface area (TPSA) is 26.3 Å². The molecule has 2 nitrogen and oxygen atoms in total. The number of esters is 1. The number of rotatable bonds is 2. The molecule has 0 heterocycles. The van der Waals surface area contributed by atoms with Gasteiger partial charge in [-0.25, -0.2) is 4.79 Å². The van der Waals surface area contributed by atoms with E-state index in [2.05, 4.69) is 4.74 Å². The zero-order chi connectivity index (χ0) is 15.7. The predicted octanol–water partition coefficient (Wildman–Crippen LogP) is 4.07. The molecule has 0 aliphatic heterocycles. The molecule has 1 aromatic rings. The zero-order valence-corrected chi connectivity index (χ0v) is 10.4. The molecule has 0 bridgehead atoms. The molecule has 1 aromatic carbocycles. The molecule has 0 aromatic heterocycles. The SMILES string of the molecule is CCc1cc(C(=O)OC)c(C(F)(F)F)c(C(F)(F)F)c1. The average Bonchev–Trinajstić information content (AvgIpc) is 2.33. The lowest BCUT2D eigenvalue weighted by Crippen LogP contribution is -2.22. The summed E-state index contributed by atoms with van der Waals surface area (Å²) in [6.07, 6.45) is -10.5. The summed E-state index contributed by atoms with van der Waals surface area (Å²) in [5.41, 5.74) is -5.07. The first-order valence-corrected chi connectivity index (χ1v) is 5.42. The molecule has 0 saturated carbocycles. The zero-order valence-electron chi connectivity index (χ0n) is 10.4. The van der Waals surface area contributed by atoms with Crippen molar-refractivity contribution in [1.82, 2.24) is 0 Å². The predicted molar refractivity (Wildman–Crippen MR) is 57.2 cm³/mol. The molecule has 1 rings (SSSR count). The van der Waals surface area contributed by atoms with Crippen LogP contribution in [0.1, 0.15) is 34.0 Å². The van der Waals surface area contributed by atoms with E-state index >= 15 is 0 Å². The Hall–Kier alpha value is -1.73. The number of halogens is 6. The van der Waals surface area contributed by atoms with Crippen LogP contribution in [0.15, 0.2) is 12.1 Å². The summed E-state index contributed by atoms with van der Waals surface area (Å²) in [4.78, 5) is 11.3. The smallest absolute Gasteiger partial charge is 0.417 e. The van der Waals surface area contributed by atoms with Crippen LogP contribution in [-0.4, -0.2) is 13.1 Å². The Morgan fingerprint density at radius 3 is 2.00 bits per heavy atom. The lowest BCUT2D eigenvalue weighted by molar-refractivity contribution is -0.162. The van der Waals surface area contributed by atoms with Gasteiger partial charge in [-0.1, -0.05) is 6.92 Å². The van der Waals surface area contributed by atoms with Gasteiger partial charge < -0.3 is 4.74 Å². The molecule has 0 fully saturated rings. The van der Waals surface area contributed by atoms with E-state index in [9.17, 15) is 31.1 Å². The molecule has 0 aliphatic carbocycles. The van der Waals surface area contributed by atoms with Gasteiger partial charge in [0.1, 0.15) is 0 Å². The van der Waals surface area contributed by atoms with Crippen LogP contribution in [-0.2, 0) is 23.5 Å². The van der Waals surface area contributed by atoms with Crippen molar-refractivity contribution in [3.05, 3.63) is 34.4 Å². The number of carbonyl (C=O) groups excluding carboxylic acids is 1. The summed E-state index contributed by atoms with van der Waals surface area (Å²) >= 11 is 0. The van der Waals surface area contributed by atoms with Gasteiger partial charge in [-0.3, -0.25) is 0 Å². The maximum absolute atomic E-state index is 12.9. The van der Waals surface area contributed by atoms with Gasteiger partial charge in [0.2, 0.25) is 0 Å². The standard InChI is InChI=1S/C12H10F6O2/c1-3-6-4-7(10(19)20-2)9(12(16,17)18)8(5-6)11(13,14)15/h4-5H,3H2,1-2H3. The molecule has 0 atom stereocenters. The quantitative estimate of drug-likeness (QED) is 0.608. The highest BCUT2D eigenvalue weighted by atomic mass is 19.4. The van der Waals surface area contributed by atoms with Gasteiger partial charge in [0, 0.05) is 0 Å². The molecule has 0 unspecified atom stereocenters. The average molecular weight is 300 g/mol. The summed E-state index contributed by atoms with van der Waals surface area (Å²) in [6.45, 7) is 1.46. The van der Waals surface area contributed by atoms with Gasteiger partial charge in [-0.2, -0.15) is 26.3 Å². The lowest BCUT2D eigenvalue weighted by Gasteiger charge is -2.19. The second kappa shape index (κ2) is 5.34. The summed E-state index contributed by atoms with van der Waals surface area (Å²) in [5.74, 6) is -1.46. The van der Waals surface area contributed by atoms with Crippen molar-refractivity contribution < 1.29 is 35.9 Å². The van der Waals surface area contributed by atoms with Gasteiger partial charge in [0.05, 0.1) is 23.8 Å². The van der Waals surface area contributed by atoms with Crippen molar-refractivity contribution in [2.45, 2.75) is 25.7 Å². The first-order valence-electron chi connectivity index (χ1n) is 5.42. The van der Waals surface area contributed by atoms with E-state index in [1.807, 2.05) is 0 Å². The Labute approximate surface area is 110 Å². The minimum absolute atomic E-state index is 0.0364. The second-order valence-electron chi connectivity index (χ2n) is 3.91. The first kappa shape index (κ1) is 16.3. The van der Waals surface area contributed by atoms with Crippen LogP contribution in [0.2, 0.25) is 0 Å². The van der Waals surface area contributed by atoms with Crippen molar-refractivity contribution >= 4 is 5.97 Å². The van der Waals surface area contributed by atoms with Crippen LogP contribution in [0, 0.1) is 0 Å². The Morgan fingerprint density at radius 1 is 1.10 bits per heavy atom. The number of hydrogen-bond donors (Lipinski definition) is 0. The minimum Gasteiger partial charge on any atom is -0.465 e. The van der Waals surface area contributed by atoms with Crippen LogP contribution in [0.25, 0.3) is 0 Å². The Morgan fingerprint density at radius 2 is 1.65 bits per heavy atom. The van der Waals surface area contributed by atoms with E-state index < -0.39 is 35.0 Å². The number of aryl methyl sites for hydroxylation is 1. The van der Waals surface area contributed by atoms with E-state index in [4.69, 9.17) is 0 Å². The highest BCUT2D eigenvalue weighted by Crippen LogP contribution is 2.42. The molecular formula is C12H10F6O2. The van der Waals surface area contributed by atoms with Crippen LogP contribution in [0.4, 0.5) is 26.3 Å². The first-order chi connectivity index (χ1) is 9.02. The van der Waals surface area contributed by atoms with E-state index in [1.54, 1.807) is 0 Å². The van der Waals surface area contributed by atoms with Crippen molar-refractivity contribution in [2.24, 2.45) is 0 Å². The molecule has 0 N–H and O–H groups in total. The van der Waals surface area contributed by atoms with Gasteiger partial charge in [0.25, 0.3) is 0 Å². The second-order valence-corrected chi connectivity index (χ2v) is 3.91. The Balaban J connectivity index is 3.77. The molecule has 112 valence electrons. The minimum atomic E-state index is -5.32. The molecule has 0 amide bonds. The van der Waals surface area contributed by atoms with Crippen molar-refractivity contribution in [3.63, 3.8) is 0 Å². The van der Waals surface area contributed by atoms with Crippen molar-refractivity contribution in [2.75, 3.05) is 7.11 Å². The molecule has 0 aliphatic rings. The Kier molecular flexibility index (Phi) is 4.36. The maximum atomic E-state index is 12.9. The molecular weight excluding hydrogens is 290 g/mol. The monoisotopic (exact) mass is 300 g/mol. The highest BCUT2D eigenvalue weighted by Gasteiger charge is 2.46. The normalized spacial score (nSPS) is 12.4. The fourth-order valence-electron chi connectivity index (χ4n) is 1.71. The molecule has 0 saturated heterocycles. The number of carbonyl (C=O) groups is 1. The van der Waals surface area contributed by atoms with Crippen molar-refractivity contribution in [3.8, 4) is 0 Å². The van der Waals surface area contributed by atoms with Crippen LogP contribution in [0.5, 0.6) is 0 Å². The van der Waals surface area contributed by atoms with Crippen LogP contribution in [0.3, 0.4) is 0 Å². The van der Waals surface area contributed by atoms with E-state index in [0.29, 0.717) is 6.07 Å².